The molecular weight excluding hydrogens is 266 g/mol. The van der Waals surface area contributed by atoms with Crippen molar-refractivity contribution >= 4 is 11.8 Å². The Balaban J connectivity index is 1.73. The molecular formula is C17H25NOS. The van der Waals surface area contributed by atoms with E-state index in [2.05, 4.69) is 48.3 Å². The lowest BCUT2D eigenvalue weighted by Crippen LogP contribution is -2.36. The maximum atomic E-state index is 5.49. The SMILES string of the molecule is CCNC1c2ccccc2CCC1SC1CCOCC1. The summed E-state index contributed by atoms with van der Waals surface area (Å²) in [5.41, 5.74) is 3.08. The average Bonchev–Trinajstić information content (AvgIpc) is 2.51. The smallest absolute Gasteiger partial charge is 0.0476 e. The van der Waals surface area contributed by atoms with Gasteiger partial charge in [-0.15, -0.1) is 0 Å². The van der Waals surface area contributed by atoms with Crippen LogP contribution in [-0.4, -0.2) is 30.3 Å². The summed E-state index contributed by atoms with van der Waals surface area (Å²) in [5, 5.41) is 5.24. The maximum absolute atomic E-state index is 5.49. The molecule has 1 saturated heterocycles. The number of rotatable bonds is 4. The fraction of sp³-hybridized carbons (Fsp3) is 0.647. The Morgan fingerprint density at radius 3 is 2.80 bits per heavy atom. The summed E-state index contributed by atoms with van der Waals surface area (Å²) in [7, 11) is 0. The first-order chi connectivity index (χ1) is 9.88. The number of hydrogen-bond donors (Lipinski definition) is 1. The van der Waals surface area contributed by atoms with Crippen molar-refractivity contribution in [3.63, 3.8) is 0 Å². The molecule has 1 aromatic carbocycles. The van der Waals surface area contributed by atoms with Crippen molar-refractivity contribution in [3.05, 3.63) is 35.4 Å². The van der Waals surface area contributed by atoms with Crippen LogP contribution < -0.4 is 5.32 Å². The topological polar surface area (TPSA) is 21.3 Å². The van der Waals surface area contributed by atoms with Crippen molar-refractivity contribution < 1.29 is 4.74 Å². The predicted molar refractivity (Wildman–Crippen MR) is 86.4 cm³/mol. The standard InChI is InChI=1S/C17H25NOS/c1-2-18-17-15-6-4-3-5-13(15)7-8-16(17)20-14-9-11-19-12-10-14/h3-6,14,16-18H,2,7-12H2,1H3. The van der Waals surface area contributed by atoms with Crippen LogP contribution >= 0.6 is 11.8 Å². The Hall–Kier alpha value is -0.510. The molecule has 0 bridgehead atoms. The summed E-state index contributed by atoms with van der Waals surface area (Å²) in [5.74, 6) is 0. The monoisotopic (exact) mass is 291 g/mol. The van der Waals surface area contributed by atoms with Crippen LogP contribution in [0.25, 0.3) is 0 Å². The third kappa shape index (κ3) is 3.21. The van der Waals surface area contributed by atoms with E-state index in [0.29, 0.717) is 11.3 Å². The van der Waals surface area contributed by atoms with E-state index in [0.717, 1.165) is 25.0 Å². The van der Waals surface area contributed by atoms with Crippen molar-refractivity contribution in [1.29, 1.82) is 0 Å². The summed E-state index contributed by atoms with van der Waals surface area (Å²) in [6, 6.07) is 9.50. The summed E-state index contributed by atoms with van der Waals surface area (Å²) in [6.07, 6.45) is 4.99. The molecule has 1 N–H and O–H groups in total. The largest absolute Gasteiger partial charge is 0.381 e. The van der Waals surface area contributed by atoms with Crippen LogP contribution in [0.5, 0.6) is 0 Å². The third-order valence-electron chi connectivity index (χ3n) is 4.42. The molecule has 2 atom stereocenters. The summed E-state index contributed by atoms with van der Waals surface area (Å²) < 4.78 is 5.49. The summed E-state index contributed by atoms with van der Waals surface area (Å²) >= 11 is 2.21. The van der Waals surface area contributed by atoms with Crippen LogP contribution in [0.3, 0.4) is 0 Å². The average molecular weight is 291 g/mol. The lowest BCUT2D eigenvalue weighted by Gasteiger charge is -2.36. The molecule has 3 rings (SSSR count). The second kappa shape index (κ2) is 6.97. The van der Waals surface area contributed by atoms with Gasteiger partial charge in [0.05, 0.1) is 0 Å². The molecule has 110 valence electrons. The van der Waals surface area contributed by atoms with Gasteiger partial charge in [0.2, 0.25) is 0 Å². The molecule has 1 aromatic rings. The molecule has 2 unspecified atom stereocenters. The second-order valence-electron chi connectivity index (χ2n) is 5.76. The normalized spacial score (nSPS) is 27.2. The van der Waals surface area contributed by atoms with Crippen molar-refractivity contribution in [3.8, 4) is 0 Å². The molecule has 0 saturated carbocycles. The Labute approximate surface area is 126 Å². The number of aryl methyl sites for hydroxylation is 1. The highest BCUT2D eigenvalue weighted by molar-refractivity contribution is 8.00. The van der Waals surface area contributed by atoms with E-state index < -0.39 is 0 Å². The predicted octanol–water partition coefficient (Wildman–Crippen LogP) is 3.56. The van der Waals surface area contributed by atoms with Crippen molar-refractivity contribution in [1.82, 2.24) is 5.32 Å². The Morgan fingerprint density at radius 1 is 1.20 bits per heavy atom. The molecule has 1 fully saturated rings. The highest BCUT2D eigenvalue weighted by atomic mass is 32.2. The van der Waals surface area contributed by atoms with Crippen LogP contribution in [0.4, 0.5) is 0 Å². The van der Waals surface area contributed by atoms with Gasteiger partial charge in [-0.05, 0) is 43.4 Å². The van der Waals surface area contributed by atoms with Gasteiger partial charge in [-0.1, -0.05) is 31.2 Å². The minimum atomic E-state index is 0.526. The van der Waals surface area contributed by atoms with Gasteiger partial charge in [0, 0.05) is 29.8 Å². The summed E-state index contributed by atoms with van der Waals surface area (Å²) in [4.78, 5) is 0. The van der Waals surface area contributed by atoms with E-state index in [9.17, 15) is 0 Å². The Kier molecular flexibility index (Phi) is 5.03. The van der Waals surface area contributed by atoms with Gasteiger partial charge in [-0.2, -0.15) is 11.8 Å². The van der Waals surface area contributed by atoms with Crippen molar-refractivity contribution in [2.24, 2.45) is 0 Å². The van der Waals surface area contributed by atoms with Gasteiger partial charge in [0.25, 0.3) is 0 Å². The first kappa shape index (κ1) is 14.4. The van der Waals surface area contributed by atoms with Crippen molar-refractivity contribution in [2.75, 3.05) is 19.8 Å². The molecule has 1 aliphatic heterocycles. The van der Waals surface area contributed by atoms with E-state index in [1.807, 2.05) is 0 Å². The number of hydrogen-bond acceptors (Lipinski definition) is 3. The van der Waals surface area contributed by atoms with Crippen LogP contribution in [-0.2, 0) is 11.2 Å². The molecule has 2 aliphatic rings. The molecule has 3 heteroatoms. The van der Waals surface area contributed by atoms with Crippen molar-refractivity contribution in [2.45, 2.75) is 49.1 Å². The van der Waals surface area contributed by atoms with Crippen LogP contribution in [0.1, 0.15) is 43.4 Å². The molecule has 20 heavy (non-hydrogen) atoms. The zero-order chi connectivity index (χ0) is 13.8. The van der Waals surface area contributed by atoms with Gasteiger partial charge < -0.3 is 10.1 Å². The number of nitrogens with one attached hydrogen (secondary N) is 1. The Bertz CT molecular complexity index is 431. The number of thioether (sulfide) groups is 1. The lowest BCUT2D eigenvalue weighted by molar-refractivity contribution is 0.0998. The fourth-order valence-electron chi connectivity index (χ4n) is 3.40. The first-order valence-corrected chi connectivity index (χ1v) is 8.87. The van der Waals surface area contributed by atoms with Gasteiger partial charge in [0.15, 0.2) is 0 Å². The summed E-state index contributed by atoms with van der Waals surface area (Å²) in [6.45, 7) is 5.16. The highest BCUT2D eigenvalue weighted by Crippen LogP contribution is 2.40. The third-order valence-corrected chi connectivity index (χ3v) is 6.13. The van der Waals surface area contributed by atoms with Gasteiger partial charge in [-0.25, -0.2) is 0 Å². The number of ether oxygens (including phenoxy) is 1. The van der Waals surface area contributed by atoms with Gasteiger partial charge in [0.1, 0.15) is 0 Å². The molecule has 0 amide bonds. The molecule has 1 aliphatic carbocycles. The van der Waals surface area contributed by atoms with E-state index in [1.54, 1.807) is 5.56 Å². The molecule has 0 spiro atoms. The van der Waals surface area contributed by atoms with E-state index in [4.69, 9.17) is 4.74 Å². The minimum absolute atomic E-state index is 0.526. The van der Waals surface area contributed by atoms with E-state index in [1.165, 1.54) is 31.2 Å². The number of benzene rings is 1. The highest BCUT2D eigenvalue weighted by Gasteiger charge is 2.31. The molecule has 2 nitrogen and oxygen atoms in total. The quantitative estimate of drug-likeness (QED) is 0.916. The minimum Gasteiger partial charge on any atom is -0.381 e. The molecule has 0 radical (unpaired) electrons. The van der Waals surface area contributed by atoms with Crippen LogP contribution in [0, 0.1) is 0 Å². The first-order valence-electron chi connectivity index (χ1n) is 7.93. The van der Waals surface area contributed by atoms with Gasteiger partial charge in [-0.3, -0.25) is 0 Å². The molecule has 1 heterocycles. The molecule has 0 aromatic heterocycles. The van der Waals surface area contributed by atoms with Crippen LogP contribution in [0.15, 0.2) is 24.3 Å². The zero-order valence-corrected chi connectivity index (χ0v) is 13.1. The second-order valence-corrected chi connectivity index (χ2v) is 7.30. The maximum Gasteiger partial charge on any atom is 0.0476 e. The fourth-order valence-corrected chi connectivity index (χ4v) is 5.01. The van der Waals surface area contributed by atoms with Crippen LogP contribution in [0.2, 0.25) is 0 Å². The zero-order valence-electron chi connectivity index (χ0n) is 12.3. The van der Waals surface area contributed by atoms with E-state index >= 15 is 0 Å². The van der Waals surface area contributed by atoms with Gasteiger partial charge >= 0.3 is 0 Å². The Morgan fingerprint density at radius 2 is 2.00 bits per heavy atom. The number of fused-ring (bicyclic) bond motifs is 1. The lowest BCUT2D eigenvalue weighted by atomic mass is 9.87. The van der Waals surface area contributed by atoms with E-state index in [-0.39, 0.29) is 0 Å².